The van der Waals surface area contributed by atoms with Crippen molar-refractivity contribution in [1.29, 1.82) is 0 Å². The molecular weight excluding hydrogens is 150 g/mol. The molecule has 1 aliphatic carbocycles. The lowest BCUT2D eigenvalue weighted by Gasteiger charge is -2.32. The van der Waals surface area contributed by atoms with E-state index in [2.05, 4.69) is 19.0 Å². The van der Waals surface area contributed by atoms with Crippen LogP contribution in [-0.4, -0.2) is 37.3 Å². The fourth-order valence-electron chi connectivity index (χ4n) is 2.23. The number of hydrogen-bond acceptors (Lipinski definition) is 2. The zero-order valence-electron chi connectivity index (χ0n) is 8.29. The first-order valence-electron chi connectivity index (χ1n) is 4.99. The summed E-state index contributed by atoms with van der Waals surface area (Å²) < 4.78 is 0. The van der Waals surface area contributed by atoms with Crippen molar-refractivity contribution >= 4 is 0 Å². The fraction of sp³-hybridized carbons (Fsp3) is 1.00. The molecule has 0 bridgehead atoms. The Bertz CT molecular complexity index is 125. The van der Waals surface area contributed by atoms with Crippen LogP contribution < -0.4 is 0 Å². The van der Waals surface area contributed by atoms with Crippen LogP contribution in [0.4, 0.5) is 0 Å². The lowest BCUT2D eigenvalue weighted by molar-refractivity contribution is 0.114. The van der Waals surface area contributed by atoms with Gasteiger partial charge < -0.3 is 10.0 Å². The summed E-state index contributed by atoms with van der Waals surface area (Å²) in [5.74, 6) is 1.31. The number of nitrogens with zero attached hydrogens (tertiary/aromatic N) is 1. The summed E-state index contributed by atoms with van der Waals surface area (Å²) in [6, 6.07) is 0. The van der Waals surface area contributed by atoms with Crippen molar-refractivity contribution < 1.29 is 5.11 Å². The quantitative estimate of drug-likeness (QED) is 0.693. The molecular formula is C10H21NO. The number of aliphatic hydroxyl groups excluding tert-OH is 1. The molecule has 2 unspecified atom stereocenters. The Hall–Kier alpha value is -0.0800. The molecule has 2 nitrogen and oxygen atoms in total. The Kier molecular flexibility index (Phi) is 4.02. The van der Waals surface area contributed by atoms with E-state index in [9.17, 15) is 0 Å². The monoisotopic (exact) mass is 171 g/mol. The molecule has 0 aromatic heterocycles. The summed E-state index contributed by atoms with van der Waals surface area (Å²) in [5, 5.41) is 9.16. The van der Waals surface area contributed by atoms with E-state index in [4.69, 9.17) is 5.11 Å². The first-order valence-corrected chi connectivity index (χ1v) is 4.99. The van der Waals surface area contributed by atoms with E-state index >= 15 is 0 Å². The zero-order valence-corrected chi connectivity index (χ0v) is 8.29. The molecule has 0 spiro atoms. The van der Waals surface area contributed by atoms with Gasteiger partial charge in [-0.15, -0.1) is 0 Å². The van der Waals surface area contributed by atoms with Gasteiger partial charge in [-0.05, 0) is 38.8 Å². The van der Waals surface area contributed by atoms with Gasteiger partial charge >= 0.3 is 0 Å². The highest BCUT2D eigenvalue weighted by Gasteiger charge is 2.24. The third-order valence-electron chi connectivity index (χ3n) is 2.90. The predicted molar refractivity (Wildman–Crippen MR) is 51.1 cm³/mol. The second kappa shape index (κ2) is 4.83. The van der Waals surface area contributed by atoms with Crippen LogP contribution >= 0.6 is 0 Å². The Balaban J connectivity index is 2.36. The Labute approximate surface area is 75.6 Å². The Morgan fingerprint density at radius 1 is 1.17 bits per heavy atom. The van der Waals surface area contributed by atoms with E-state index in [0.717, 1.165) is 12.5 Å². The molecule has 2 heteroatoms. The highest BCUT2D eigenvalue weighted by molar-refractivity contribution is 4.76. The summed E-state index contributed by atoms with van der Waals surface area (Å²) in [6.45, 7) is 1.53. The molecule has 1 aliphatic rings. The molecule has 0 heterocycles. The van der Waals surface area contributed by atoms with Crippen molar-refractivity contribution in [2.75, 3.05) is 27.2 Å². The molecule has 0 radical (unpaired) electrons. The topological polar surface area (TPSA) is 23.5 Å². The maximum Gasteiger partial charge on any atom is 0.0462 e. The van der Waals surface area contributed by atoms with Gasteiger partial charge in [0.2, 0.25) is 0 Å². The lowest BCUT2D eigenvalue weighted by Crippen LogP contribution is -2.31. The third-order valence-corrected chi connectivity index (χ3v) is 2.90. The SMILES string of the molecule is CN(C)CC1CCCCC1CO. The molecule has 0 saturated heterocycles. The molecule has 12 heavy (non-hydrogen) atoms. The second-order valence-electron chi connectivity index (χ2n) is 4.25. The molecule has 0 aliphatic heterocycles. The van der Waals surface area contributed by atoms with Gasteiger partial charge in [0.1, 0.15) is 0 Å². The van der Waals surface area contributed by atoms with Gasteiger partial charge in [-0.2, -0.15) is 0 Å². The van der Waals surface area contributed by atoms with Crippen molar-refractivity contribution in [2.24, 2.45) is 11.8 Å². The van der Waals surface area contributed by atoms with E-state index in [1.807, 2.05) is 0 Å². The lowest BCUT2D eigenvalue weighted by atomic mass is 9.79. The standard InChI is InChI=1S/C10H21NO/c1-11(2)7-9-5-3-4-6-10(9)8-12/h9-10,12H,3-8H2,1-2H3. The average Bonchev–Trinajstić information content (AvgIpc) is 2.04. The zero-order chi connectivity index (χ0) is 8.97. The maximum absolute atomic E-state index is 9.16. The highest BCUT2D eigenvalue weighted by Crippen LogP contribution is 2.29. The largest absolute Gasteiger partial charge is 0.396 e. The van der Waals surface area contributed by atoms with Crippen LogP contribution in [0.25, 0.3) is 0 Å². The third kappa shape index (κ3) is 2.76. The van der Waals surface area contributed by atoms with Crippen LogP contribution in [0.5, 0.6) is 0 Å². The van der Waals surface area contributed by atoms with Crippen molar-refractivity contribution in [3.05, 3.63) is 0 Å². The Morgan fingerprint density at radius 3 is 2.25 bits per heavy atom. The van der Waals surface area contributed by atoms with Gasteiger partial charge in [-0.3, -0.25) is 0 Å². The van der Waals surface area contributed by atoms with E-state index < -0.39 is 0 Å². The van der Waals surface area contributed by atoms with E-state index in [0.29, 0.717) is 12.5 Å². The second-order valence-corrected chi connectivity index (χ2v) is 4.25. The fourth-order valence-corrected chi connectivity index (χ4v) is 2.23. The van der Waals surface area contributed by atoms with Crippen LogP contribution in [0.3, 0.4) is 0 Å². The number of aliphatic hydroxyl groups is 1. The number of hydrogen-bond donors (Lipinski definition) is 1. The molecule has 0 aromatic rings. The van der Waals surface area contributed by atoms with Crippen LogP contribution in [0.2, 0.25) is 0 Å². The minimum Gasteiger partial charge on any atom is -0.396 e. The van der Waals surface area contributed by atoms with Crippen LogP contribution in [0.1, 0.15) is 25.7 Å². The Morgan fingerprint density at radius 2 is 1.75 bits per heavy atom. The summed E-state index contributed by atoms with van der Waals surface area (Å²) in [4.78, 5) is 2.23. The average molecular weight is 171 g/mol. The van der Waals surface area contributed by atoms with Gasteiger partial charge in [0.05, 0.1) is 0 Å². The minimum atomic E-state index is 0.387. The van der Waals surface area contributed by atoms with Gasteiger partial charge in [-0.25, -0.2) is 0 Å². The smallest absolute Gasteiger partial charge is 0.0462 e. The summed E-state index contributed by atoms with van der Waals surface area (Å²) in [7, 11) is 4.23. The van der Waals surface area contributed by atoms with Crippen LogP contribution in [0.15, 0.2) is 0 Å². The van der Waals surface area contributed by atoms with Crippen LogP contribution in [-0.2, 0) is 0 Å². The van der Waals surface area contributed by atoms with E-state index in [1.165, 1.54) is 25.7 Å². The maximum atomic E-state index is 9.16. The van der Waals surface area contributed by atoms with Crippen molar-refractivity contribution in [2.45, 2.75) is 25.7 Å². The molecule has 1 N–H and O–H groups in total. The highest BCUT2D eigenvalue weighted by atomic mass is 16.3. The van der Waals surface area contributed by atoms with Crippen LogP contribution in [0, 0.1) is 11.8 Å². The molecule has 1 fully saturated rings. The first kappa shape index (κ1) is 10.0. The number of rotatable bonds is 3. The normalized spacial score (nSPS) is 31.0. The van der Waals surface area contributed by atoms with Crippen molar-refractivity contribution in [1.82, 2.24) is 4.90 Å². The predicted octanol–water partition coefficient (Wildman–Crippen LogP) is 1.35. The molecule has 1 rings (SSSR count). The summed E-state index contributed by atoms with van der Waals surface area (Å²) in [6.07, 6.45) is 5.21. The van der Waals surface area contributed by atoms with Gasteiger partial charge in [-0.1, -0.05) is 12.8 Å². The van der Waals surface area contributed by atoms with E-state index in [1.54, 1.807) is 0 Å². The van der Waals surface area contributed by atoms with Gasteiger partial charge in [0.25, 0.3) is 0 Å². The van der Waals surface area contributed by atoms with Gasteiger partial charge in [0.15, 0.2) is 0 Å². The molecule has 72 valence electrons. The first-order chi connectivity index (χ1) is 5.74. The van der Waals surface area contributed by atoms with Gasteiger partial charge in [0, 0.05) is 13.2 Å². The van der Waals surface area contributed by atoms with Crippen molar-refractivity contribution in [3.63, 3.8) is 0 Å². The molecule has 2 atom stereocenters. The van der Waals surface area contributed by atoms with E-state index in [-0.39, 0.29) is 0 Å². The summed E-state index contributed by atoms with van der Waals surface area (Å²) in [5.41, 5.74) is 0. The molecule has 1 saturated carbocycles. The summed E-state index contributed by atoms with van der Waals surface area (Å²) >= 11 is 0. The van der Waals surface area contributed by atoms with Crippen molar-refractivity contribution in [3.8, 4) is 0 Å². The minimum absolute atomic E-state index is 0.387. The molecule has 0 amide bonds. The molecule has 0 aromatic carbocycles.